The van der Waals surface area contributed by atoms with Gasteiger partial charge in [-0.15, -0.1) is 0 Å². The van der Waals surface area contributed by atoms with Crippen LogP contribution in [-0.2, 0) is 5.41 Å². The molecule has 1 atom stereocenters. The molecule has 0 aromatic heterocycles. The van der Waals surface area contributed by atoms with Gasteiger partial charge in [-0.25, -0.2) is 0 Å². The van der Waals surface area contributed by atoms with E-state index in [0.717, 1.165) is 17.9 Å². The second-order valence-corrected chi connectivity index (χ2v) is 6.05. The lowest BCUT2D eigenvalue weighted by molar-refractivity contribution is 0.116. The highest BCUT2D eigenvalue weighted by Gasteiger charge is 2.50. The molecule has 0 bridgehead atoms. The first kappa shape index (κ1) is 12.9. The number of hydrogen-bond acceptors (Lipinski definition) is 1. The van der Waals surface area contributed by atoms with Crippen LogP contribution in [0.3, 0.4) is 0 Å². The van der Waals surface area contributed by atoms with Crippen LogP contribution < -0.4 is 5.73 Å². The molecule has 0 heterocycles. The Bertz CT molecular complexity index is 376. The molecule has 1 fully saturated rings. The lowest BCUT2D eigenvalue weighted by atomic mass is 9.53. The standard InChI is InChI=1S/C15H22ClN/c1-3-9-14(2,17)15(10-4-11-15)12-5-7-13(16)8-6-12/h5-8H,3-4,9-11,17H2,1-2H3/t14-/m1/s1. The summed E-state index contributed by atoms with van der Waals surface area (Å²) in [4.78, 5) is 0. The van der Waals surface area contributed by atoms with Gasteiger partial charge in [-0.05, 0) is 43.9 Å². The van der Waals surface area contributed by atoms with Crippen molar-refractivity contribution in [2.24, 2.45) is 5.73 Å². The zero-order valence-corrected chi connectivity index (χ0v) is 11.6. The maximum absolute atomic E-state index is 6.60. The summed E-state index contributed by atoms with van der Waals surface area (Å²) in [5.41, 5.74) is 8.04. The van der Waals surface area contributed by atoms with Gasteiger partial charge in [0.15, 0.2) is 0 Å². The summed E-state index contributed by atoms with van der Waals surface area (Å²) in [7, 11) is 0. The summed E-state index contributed by atoms with van der Waals surface area (Å²) in [6, 6.07) is 8.28. The van der Waals surface area contributed by atoms with Crippen LogP contribution in [0.25, 0.3) is 0 Å². The summed E-state index contributed by atoms with van der Waals surface area (Å²) in [6.07, 6.45) is 5.93. The van der Waals surface area contributed by atoms with E-state index in [2.05, 4.69) is 26.0 Å². The van der Waals surface area contributed by atoms with Crippen molar-refractivity contribution < 1.29 is 0 Å². The van der Waals surface area contributed by atoms with Crippen LogP contribution in [0.5, 0.6) is 0 Å². The topological polar surface area (TPSA) is 26.0 Å². The van der Waals surface area contributed by atoms with Crippen molar-refractivity contribution in [3.63, 3.8) is 0 Å². The molecular weight excluding hydrogens is 230 g/mol. The highest BCUT2D eigenvalue weighted by Crippen LogP contribution is 2.51. The van der Waals surface area contributed by atoms with Gasteiger partial charge in [0, 0.05) is 16.0 Å². The van der Waals surface area contributed by atoms with E-state index in [4.69, 9.17) is 17.3 Å². The SMILES string of the molecule is CCC[C@@](C)(N)C1(c2ccc(Cl)cc2)CCC1. The Kier molecular flexibility index (Phi) is 3.51. The largest absolute Gasteiger partial charge is 0.325 e. The quantitative estimate of drug-likeness (QED) is 0.849. The Hall–Kier alpha value is -0.530. The fourth-order valence-corrected chi connectivity index (χ4v) is 3.37. The van der Waals surface area contributed by atoms with E-state index >= 15 is 0 Å². The number of hydrogen-bond donors (Lipinski definition) is 1. The molecule has 17 heavy (non-hydrogen) atoms. The van der Waals surface area contributed by atoms with Crippen molar-refractivity contribution in [1.29, 1.82) is 0 Å². The monoisotopic (exact) mass is 251 g/mol. The summed E-state index contributed by atoms with van der Waals surface area (Å²) in [5, 5.41) is 0.803. The zero-order chi connectivity index (χ0) is 12.5. The van der Waals surface area contributed by atoms with Crippen LogP contribution in [0.1, 0.15) is 51.5 Å². The Labute approximate surface area is 109 Å². The smallest absolute Gasteiger partial charge is 0.0406 e. The van der Waals surface area contributed by atoms with E-state index in [-0.39, 0.29) is 11.0 Å². The molecule has 0 unspecified atom stereocenters. The van der Waals surface area contributed by atoms with Gasteiger partial charge < -0.3 is 5.73 Å². The van der Waals surface area contributed by atoms with Crippen LogP contribution in [0.15, 0.2) is 24.3 Å². The average molecular weight is 252 g/mol. The molecule has 94 valence electrons. The molecule has 0 spiro atoms. The van der Waals surface area contributed by atoms with Gasteiger partial charge >= 0.3 is 0 Å². The van der Waals surface area contributed by atoms with Crippen molar-refractivity contribution in [2.75, 3.05) is 0 Å². The maximum atomic E-state index is 6.60. The average Bonchev–Trinajstić information content (AvgIpc) is 2.18. The predicted molar refractivity (Wildman–Crippen MR) is 74.5 cm³/mol. The van der Waals surface area contributed by atoms with E-state index in [1.54, 1.807) is 0 Å². The Morgan fingerprint density at radius 2 is 1.88 bits per heavy atom. The maximum Gasteiger partial charge on any atom is 0.0406 e. The fraction of sp³-hybridized carbons (Fsp3) is 0.600. The van der Waals surface area contributed by atoms with Gasteiger partial charge in [0.05, 0.1) is 0 Å². The highest BCUT2D eigenvalue weighted by atomic mass is 35.5. The van der Waals surface area contributed by atoms with E-state index in [1.165, 1.54) is 24.8 Å². The molecule has 1 aromatic carbocycles. The van der Waals surface area contributed by atoms with Gasteiger partial charge in [0.1, 0.15) is 0 Å². The van der Waals surface area contributed by atoms with Crippen molar-refractivity contribution in [1.82, 2.24) is 0 Å². The second-order valence-electron chi connectivity index (χ2n) is 5.61. The summed E-state index contributed by atoms with van der Waals surface area (Å²) >= 11 is 5.97. The molecule has 2 rings (SSSR count). The van der Waals surface area contributed by atoms with Crippen molar-refractivity contribution in [2.45, 2.75) is 56.9 Å². The van der Waals surface area contributed by atoms with Crippen LogP contribution in [-0.4, -0.2) is 5.54 Å². The number of rotatable bonds is 4. The third-order valence-electron chi connectivity index (χ3n) is 4.47. The Morgan fingerprint density at radius 3 is 2.29 bits per heavy atom. The minimum Gasteiger partial charge on any atom is -0.325 e. The molecule has 0 radical (unpaired) electrons. The predicted octanol–water partition coefficient (Wildman–Crippen LogP) is 4.28. The molecule has 1 aliphatic rings. The second kappa shape index (κ2) is 4.62. The third kappa shape index (κ3) is 2.11. The van der Waals surface area contributed by atoms with E-state index < -0.39 is 0 Å². The Balaban J connectivity index is 2.34. The number of nitrogens with two attached hydrogens (primary N) is 1. The third-order valence-corrected chi connectivity index (χ3v) is 4.72. The van der Waals surface area contributed by atoms with Crippen LogP contribution in [0.2, 0.25) is 5.02 Å². The molecule has 1 aliphatic carbocycles. The molecule has 1 aromatic rings. The first-order valence-corrected chi connectivity index (χ1v) is 6.94. The summed E-state index contributed by atoms with van der Waals surface area (Å²) < 4.78 is 0. The van der Waals surface area contributed by atoms with Crippen molar-refractivity contribution in [3.05, 3.63) is 34.9 Å². The number of benzene rings is 1. The fourth-order valence-electron chi connectivity index (χ4n) is 3.25. The van der Waals surface area contributed by atoms with Gasteiger partial charge in [-0.1, -0.05) is 43.5 Å². The van der Waals surface area contributed by atoms with Crippen molar-refractivity contribution in [3.8, 4) is 0 Å². The minimum atomic E-state index is -0.103. The molecule has 0 amide bonds. The Morgan fingerprint density at radius 1 is 1.29 bits per heavy atom. The first-order chi connectivity index (χ1) is 8.02. The van der Waals surface area contributed by atoms with E-state index in [9.17, 15) is 0 Å². The van der Waals surface area contributed by atoms with Crippen LogP contribution >= 0.6 is 11.6 Å². The van der Waals surface area contributed by atoms with Gasteiger partial charge in [0.25, 0.3) is 0 Å². The first-order valence-electron chi connectivity index (χ1n) is 6.57. The number of halogens is 1. The minimum absolute atomic E-state index is 0.103. The van der Waals surface area contributed by atoms with Gasteiger partial charge in [0.2, 0.25) is 0 Å². The van der Waals surface area contributed by atoms with Gasteiger partial charge in [-0.3, -0.25) is 0 Å². The zero-order valence-electron chi connectivity index (χ0n) is 10.8. The molecule has 0 aliphatic heterocycles. The highest BCUT2D eigenvalue weighted by molar-refractivity contribution is 6.30. The van der Waals surface area contributed by atoms with E-state index in [1.807, 2.05) is 12.1 Å². The van der Waals surface area contributed by atoms with Crippen molar-refractivity contribution >= 4 is 11.6 Å². The lowest BCUT2D eigenvalue weighted by Crippen LogP contribution is -2.59. The molecule has 1 nitrogen and oxygen atoms in total. The molecule has 0 saturated heterocycles. The summed E-state index contributed by atoms with van der Waals surface area (Å²) in [5.74, 6) is 0. The molecule has 2 N–H and O–H groups in total. The summed E-state index contributed by atoms with van der Waals surface area (Å²) in [6.45, 7) is 4.42. The van der Waals surface area contributed by atoms with Crippen LogP contribution in [0.4, 0.5) is 0 Å². The molecule has 2 heteroatoms. The van der Waals surface area contributed by atoms with Gasteiger partial charge in [-0.2, -0.15) is 0 Å². The molecule has 1 saturated carbocycles. The normalized spacial score (nSPS) is 21.6. The molecular formula is C15H22ClN. The van der Waals surface area contributed by atoms with E-state index in [0.29, 0.717) is 0 Å². The lowest BCUT2D eigenvalue weighted by Gasteiger charge is -2.53. The van der Waals surface area contributed by atoms with Crippen LogP contribution in [0, 0.1) is 0 Å².